The number of piperidine rings is 1. The molecule has 0 aliphatic carbocycles. The van der Waals surface area contributed by atoms with Crippen LogP contribution in [0.5, 0.6) is 5.75 Å². The number of hydrogen-bond acceptors (Lipinski definition) is 4. The summed E-state index contributed by atoms with van der Waals surface area (Å²) in [4.78, 5) is 27.7. The second-order valence-electron chi connectivity index (χ2n) is 9.19. The summed E-state index contributed by atoms with van der Waals surface area (Å²) < 4.78 is 12.1. The standard InChI is InChI=1S/C27H28N2O4/c1-27-17-21(20-10-5-6-11-23(20)33-27)24(25(28)30)26(31)29(27)14-13-19(22-12-7-15-32-22)16-18-8-3-2-4-9-18/h2-12,15,19,21,24H,13-14,16-17H2,1H3,(H2,28,30). The van der Waals surface area contributed by atoms with Gasteiger partial charge < -0.3 is 19.8 Å². The average Bonchev–Trinajstić information content (AvgIpc) is 3.33. The van der Waals surface area contributed by atoms with Crippen molar-refractivity contribution in [3.05, 3.63) is 89.9 Å². The van der Waals surface area contributed by atoms with Gasteiger partial charge >= 0.3 is 0 Å². The van der Waals surface area contributed by atoms with Crippen molar-refractivity contribution in [1.29, 1.82) is 0 Å². The molecule has 2 bridgehead atoms. The largest absolute Gasteiger partial charge is 0.469 e. The minimum atomic E-state index is -0.890. The van der Waals surface area contributed by atoms with E-state index in [-0.39, 0.29) is 17.7 Å². The molecule has 2 aliphatic heterocycles. The predicted octanol–water partition coefficient (Wildman–Crippen LogP) is 4.22. The molecule has 0 radical (unpaired) electrons. The van der Waals surface area contributed by atoms with Crippen molar-refractivity contribution in [2.24, 2.45) is 11.7 Å². The number of amides is 2. The van der Waals surface area contributed by atoms with Gasteiger partial charge in [0.25, 0.3) is 0 Å². The van der Waals surface area contributed by atoms with E-state index in [9.17, 15) is 9.59 Å². The Balaban J connectivity index is 1.43. The number of benzene rings is 2. The van der Waals surface area contributed by atoms with Crippen LogP contribution in [0.15, 0.2) is 77.4 Å². The molecule has 0 saturated carbocycles. The molecule has 2 N–H and O–H groups in total. The third kappa shape index (κ3) is 3.90. The number of hydrogen-bond donors (Lipinski definition) is 1. The third-order valence-corrected chi connectivity index (χ3v) is 7.03. The summed E-state index contributed by atoms with van der Waals surface area (Å²) in [5.41, 5.74) is 7.00. The van der Waals surface area contributed by atoms with E-state index in [0.29, 0.717) is 25.1 Å². The molecule has 3 aromatic rings. The predicted molar refractivity (Wildman–Crippen MR) is 123 cm³/mol. The summed E-state index contributed by atoms with van der Waals surface area (Å²) in [7, 11) is 0. The molecular formula is C27H28N2O4. The van der Waals surface area contributed by atoms with Crippen LogP contribution in [0.2, 0.25) is 0 Å². The van der Waals surface area contributed by atoms with Crippen molar-refractivity contribution in [3.63, 3.8) is 0 Å². The molecule has 0 spiro atoms. The number of likely N-dealkylation sites (tertiary alicyclic amines) is 1. The van der Waals surface area contributed by atoms with Crippen LogP contribution in [-0.4, -0.2) is 29.0 Å². The van der Waals surface area contributed by atoms with Crippen LogP contribution in [0.4, 0.5) is 0 Å². The zero-order valence-corrected chi connectivity index (χ0v) is 18.6. The highest BCUT2D eigenvalue weighted by molar-refractivity contribution is 6.01. The summed E-state index contributed by atoms with van der Waals surface area (Å²) in [5.74, 6) is -0.320. The van der Waals surface area contributed by atoms with E-state index in [1.165, 1.54) is 5.56 Å². The molecule has 2 amide bonds. The van der Waals surface area contributed by atoms with Gasteiger partial charge in [0.15, 0.2) is 5.72 Å². The van der Waals surface area contributed by atoms with Gasteiger partial charge in [-0.1, -0.05) is 48.5 Å². The van der Waals surface area contributed by atoms with Crippen LogP contribution >= 0.6 is 0 Å². The van der Waals surface area contributed by atoms with E-state index < -0.39 is 17.6 Å². The van der Waals surface area contributed by atoms with Gasteiger partial charge in [-0.2, -0.15) is 0 Å². The van der Waals surface area contributed by atoms with Crippen LogP contribution in [0.25, 0.3) is 0 Å². The fourth-order valence-corrected chi connectivity index (χ4v) is 5.43. The van der Waals surface area contributed by atoms with Crippen molar-refractivity contribution < 1.29 is 18.7 Å². The Morgan fingerprint density at radius 3 is 2.61 bits per heavy atom. The Morgan fingerprint density at radius 2 is 1.88 bits per heavy atom. The molecule has 5 rings (SSSR count). The lowest BCUT2D eigenvalue weighted by molar-refractivity contribution is -0.175. The van der Waals surface area contributed by atoms with Gasteiger partial charge in [0.2, 0.25) is 11.8 Å². The summed E-state index contributed by atoms with van der Waals surface area (Å²) in [6.07, 6.45) is 3.67. The molecule has 4 atom stereocenters. The molecule has 6 heteroatoms. The number of para-hydroxylation sites is 1. The highest BCUT2D eigenvalue weighted by Crippen LogP contribution is 2.50. The molecule has 33 heavy (non-hydrogen) atoms. The molecule has 4 unspecified atom stereocenters. The molecule has 170 valence electrons. The van der Waals surface area contributed by atoms with Gasteiger partial charge in [0, 0.05) is 24.8 Å². The number of furan rings is 1. The number of rotatable bonds is 7. The van der Waals surface area contributed by atoms with Gasteiger partial charge in [-0.3, -0.25) is 9.59 Å². The summed E-state index contributed by atoms with van der Waals surface area (Å²) in [6, 6.07) is 21.7. The quantitative estimate of drug-likeness (QED) is 0.553. The average molecular weight is 445 g/mol. The topological polar surface area (TPSA) is 85.8 Å². The van der Waals surface area contributed by atoms with E-state index in [2.05, 4.69) is 12.1 Å². The normalized spacial score (nSPS) is 24.6. The van der Waals surface area contributed by atoms with Gasteiger partial charge in [0.1, 0.15) is 17.4 Å². The van der Waals surface area contributed by atoms with Crippen LogP contribution in [0, 0.1) is 5.92 Å². The van der Waals surface area contributed by atoms with Crippen molar-refractivity contribution >= 4 is 11.8 Å². The highest BCUT2D eigenvalue weighted by atomic mass is 16.5. The zero-order valence-electron chi connectivity index (χ0n) is 18.6. The Kier molecular flexibility index (Phi) is 5.44. The first-order valence-electron chi connectivity index (χ1n) is 11.4. The van der Waals surface area contributed by atoms with E-state index in [1.54, 1.807) is 11.2 Å². The maximum atomic E-state index is 13.6. The van der Waals surface area contributed by atoms with Crippen LogP contribution in [0.3, 0.4) is 0 Å². The minimum absolute atomic E-state index is 0.0828. The maximum Gasteiger partial charge on any atom is 0.238 e. The van der Waals surface area contributed by atoms with E-state index >= 15 is 0 Å². The monoisotopic (exact) mass is 444 g/mol. The first kappa shape index (κ1) is 21.3. The first-order chi connectivity index (χ1) is 16.0. The lowest BCUT2D eigenvalue weighted by Gasteiger charge is -2.52. The Labute approximate surface area is 193 Å². The van der Waals surface area contributed by atoms with Crippen molar-refractivity contribution in [2.75, 3.05) is 6.54 Å². The van der Waals surface area contributed by atoms with E-state index in [4.69, 9.17) is 14.9 Å². The lowest BCUT2D eigenvalue weighted by atomic mass is 9.73. The van der Waals surface area contributed by atoms with Gasteiger partial charge in [-0.05, 0) is 49.1 Å². The van der Waals surface area contributed by atoms with Crippen LogP contribution < -0.4 is 10.5 Å². The molecule has 2 aliphatic rings. The minimum Gasteiger partial charge on any atom is -0.469 e. The maximum absolute atomic E-state index is 13.6. The SMILES string of the molecule is CC12CC(c3ccccc3O1)C(C(N)=O)C(=O)N2CCC(Cc1ccccc1)c1ccco1. The van der Waals surface area contributed by atoms with E-state index in [1.807, 2.05) is 61.5 Å². The number of primary amides is 1. The Bertz CT molecular complexity index is 1140. The second kappa shape index (κ2) is 8.43. The summed E-state index contributed by atoms with van der Waals surface area (Å²) in [6.45, 7) is 2.37. The van der Waals surface area contributed by atoms with Gasteiger partial charge in [-0.25, -0.2) is 0 Å². The number of carbonyl (C=O) groups excluding carboxylic acids is 2. The lowest BCUT2D eigenvalue weighted by Crippen LogP contribution is -2.64. The van der Waals surface area contributed by atoms with Crippen molar-refractivity contribution in [1.82, 2.24) is 4.90 Å². The molecule has 2 aromatic carbocycles. The fraction of sp³-hybridized carbons (Fsp3) is 0.333. The van der Waals surface area contributed by atoms with Crippen LogP contribution in [0.1, 0.15) is 48.5 Å². The van der Waals surface area contributed by atoms with Gasteiger partial charge in [-0.15, -0.1) is 0 Å². The molecule has 1 fully saturated rings. The second-order valence-corrected chi connectivity index (χ2v) is 9.19. The van der Waals surface area contributed by atoms with Crippen molar-refractivity contribution in [3.8, 4) is 5.75 Å². The molecule has 3 heterocycles. The molecular weight excluding hydrogens is 416 g/mol. The summed E-state index contributed by atoms with van der Waals surface area (Å²) >= 11 is 0. The number of carbonyl (C=O) groups is 2. The van der Waals surface area contributed by atoms with Crippen molar-refractivity contribution in [2.45, 2.75) is 43.7 Å². The first-order valence-corrected chi connectivity index (χ1v) is 11.4. The Hall–Kier alpha value is -3.54. The number of ether oxygens (including phenoxy) is 1. The third-order valence-electron chi connectivity index (χ3n) is 7.03. The molecule has 1 aromatic heterocycles. The summed E-state index contributed by atoms with van der Waals surface area (Å²) in [5, 5.41) is 0. The Morgan fingerprint density at radius 1 is 1.12 bits per heavy atom. The highest BCUT2D eigenvalue weighted by Gasteiger charge is 2.55. The van der Waals surface area contributed by atoms with E-state index in [0.717, 1.165) is 17.7 Å². The molecule has 6 nitrogen and oxygen atoms in total. The number of nitrogens with two attached hydrogens (primary N) is 1. The van der Waals surface area contributed by atoms with Gasteiger partial charge in [0.05, 0.1) is 6.26 Å². The zero-order chi connectivity index (χ0) is 23.0. The van der Waals surface area contributed by atoms with Crippen LogP contribution in [-0.2, 0) is 16.0 Å². The fourth-order valence-electron chi connectivity index (χ4n) is 5.43. The number of fused-ring (bicyclic) bond motifs is 4. The molecule has 1 saturated heterocycles. The smallest absolute Gasteiger partial charge is 0.238 e. The number of nitrogens with zero attached hydrogens (tertiary/aromatic N) is 1.